The number of sulfonamides is 1. The molecular weight excluding hydrogens is 360 g/mol. The number of piperidine rings is 1. The van der Waals surface area contributed by atoms with Crippen molar-refractivity contribution in [2.24, 2.45) is 5.92 Å². The fourth-order valence-corrected chi connectivity index (χ4v) is 4.98. The van der Waals surface area contributed by atoms with E-state index in [2.05, 4.69) is 5.32 Å². The molecule has 0 radical (unpaired) electrons. The summed E-state index contributed by atoms with van der Waals surface area (Å²) in [5, 5.41) is 3.01. The van der Waals surface area contributed by atoms with E-state index in [1.807, 2.05) is 45.0 Å². The number of rotatable bonds is 4. The maximum absolute atomic E-state index is 12.8. The molecule has 2 aromatic carbocycles. The van der Waals surface area contributed by atoms with Gasteiger partial charge >= 0.3 is 0 Å². The van der Waals surface area contributed by atoms with Gasteiger partial charge in [0.1, 0.15) is 0 Å². The van der Waals surface area contributed by atoms with Gasteiger partial charge in [0.05, 0.1) is 4.90 Å². The molecule has 2 aromatic rings. The fraction of sp³-hybridized carbons (Fsp3) is 0.381. The molecule has 1 amide bonds. The highest BCUT2D eigenvalue weighted by Gasteiger charge is 2.32. The van der Waals surface area contributed by atoms with Gasteiger partial charge in [0.2, 0.25) is 15.9 Å². The van der Waals surface area contributed by atoms with E-state index in [1.54, 1.807) is 18.2 Å². The summed E-state index contributed by atoms with van der Waals surface area (Å²) >= 11 is 0. The molecule has 0 aromatic heterocycles. The average molecular weight is 387 g/mol. The van der Waals surface area contributed by atoms with Gasteiger partial charge in [-0.25, -0.2) is 8.42 Å². The quantitative estimate of drug-likeness (QED) is 0.872. The van der Waals surface area contributed by atoms with Crippen molar-refractivity contribution in [3.8, 4) is 0 Å². The molecular formula is C21H26N2O3S. The van der Waals surface area contributed by atoms with Crippen molar-refractivity contribution in [3.63, 3.8) is 0 Å². The van der Waals surface area contributed by atoms with Crippen molar-refractivity contribution in [2.45, 2.75) is 38.5 Å². The van der Waals surface area contributed by atoms with Crippen molar-refractivity contribution in [2.75, 3.05) is 18.4 Å². The summed E-state index contributed by atoms with van der Waals surface area (Å²) in [4.78, 5) is 12.9. The second-order valence-electron chi connectivity index (χ2n) is 7.23. The van der Waals surface area contributed by atoms with Crippen LogP contribution in [-0.2, 0) is 14.8 Å². The Labute approximate surface area is 161 Å². The summed E-state index contributed by atoms with van der Waals surface area (Å²) < 4.78 is 27.1. The number of nitrogens with zero attached hydrogens (tertiary/aromatic N) is 1. The zero-order valence-corrected chi connectivity index (χ0v) is 16.8. The monoisotopic (exact) mass is 386 g/mol. The van der Waals surface area contributed by atoms with Gasteiger partial charge < -0.3 is 5.32 Å². The number of hydrogen-bond acceptors (Lipinski definition) is 3. The molecule has 1 aliphatic heterocycles. The zero-order chi connectivity index (χ0) is 19.6. The van der Waals surface area contributed by atoms with E-state index >= 15 is 0 Å². The van der Waals surface area contributed by atoms with Gasteiger partial charge in [0, 0.05) is 24.7 Å². The first-order valence-corrected chi connectivity index (χ1v) is 10.7. The van der Waals surface area contributed by atoms with E-state index in [-0.39, 0.29) is 11.8 Å². The van der Waals surface area contributed by atoms with E-state index in [0.29, 0.717) is 30.8 Å². The number of nitrogens with one attached hydrogen (secondary N) is 1. The Bertz CT molecular complexity index is 946. The summed E-state index contributed by atoms with van der Waals surface area (Å²) in [6.07, 6.45) is 1.06. The SMILES string of the molecule is Cc1cccc(S(=O)(=O)N2CCC(C(=O)Nc3cccc(C)c3C)CC2)c1. The number of anilines is 1. The van der Waals surface area contributed by atoms with Gasteiger partial charge in [-0.15, -0.1) is 0 Å². The third-order valence-electron chi connectivity index (χ3n) is 5.31. The molecule has 0 aliphatic carbocycles. The van der Waals surface area contributed by atoms with Crippen molar-refractivity contribution in [1.82, 2.24) is 4.31 Å². The Kier molecular flexibility index (Phi) is 5.67. The van der Waals surface area contributed by atoms with E-state index in [1.165, 1.54) is 4.31 Å². The summed E-state index contributed by atoms with van der Waals surface area (Å²) in [5.41, 5.74) is 3.94. The molecule has 3 rings (SSSR count). The van der Waals surface area contributed by atoms with Crippen molar-refractivity contribution >= 4 is 21.6 Å². The summed E-state index contributed by atoms with van der Waals surface area (Å²) in [6.45, 7) is 6.60. The van der Waals surface area contributed by atoms with Crippen molar-refractivity contribution in [1.29, 1.82) is 0 Å². The first-order valence-electron chi connectivity index (χ1n) is 9.23. The molecule has 1 heterocycles. The maximum Gasteiger partial charge on any atom is 0.243 e. The molecule has 0 unspecified atom stereocenters. The average Bonchev–Trinajstić information content (AvgIpc) is 2.65. The largest absolute Gasteiger partial charge is 0.326 e. The number of carbonyl (C=O) groups is 1. The first kappa shape index (κ1) is 19.6. The van der Waals surface area contributed by atoms with Crippen LogP contribution < -0.4 is 5.32 Å². The molecule has 0 spiro atoms. The lowest BCUT2D eigenvalue weighted by Gasteiger charge is -2.30. The standard InChI is InChI=1S/C21H26N2O3S/c1-15-6-4-8-19(14-15)27(25,26)23-12-10-18(11-13-23)21(24)22-20-9-5-7-16(2)17(20)3/h4-9,14,18H,10-13H2,1-3H3,(H,22,24). The van der Waals surface area contributed by atoms with Crippen LogP contribution in [0.3, 0.4) is 0 Å². The Balaban J connectivity index is 1.64. The first-order chi connectivity index (χ1) is 12.8. The normalized spacial score (nSPS) is 16.3. The topological polar surface area (TPSA) is 66.5 Å². The van der Waals surface area contributed by atoms with Crippen LogP contribution >= 0.6 is 0 Å². The van der Waals surface area contributed by atoms with Crippen LogP contribution in [0.5, 0.6) is 0 Å². The number of aryl methyl sites for hydroxylation is 2. The highest BCUT2D eigenvalue weighted by atomic mass is 32.2. The number of amides is 1. The Morgan fingerprint density at radius 1 is 1.04 bits per heavy atom. The maximum atomic E-state index is 12.8. The van der Waals surface area contributed by atoms with Crippen LogP contribution in [0.1, 0.15) is 29.5 Å². The fourth-order valence-electron chi connectivity index (χ4n) is 3.40. The van der Waals surface area contributed by atoms with E-state index < -0.39 is 10.0 Å². The molecule has 0 saturated carbocycles. The molecule has 5 nitrogen and oxygen atoms in total. The molecule has 6 heteroatoms. The van der Waals surface area contributed by atoms with Gasteiger partial charge in [-0.2, -0.15) is 4.31 Å². The summed E-state index contributed by atoms with van der Waals surface area (Å²) in [7, 11) is -3.50. The molecule has 27 heavy (non-hydrogen) atoms. The Morgan fingerprint density at radius 3 is 2.37 bits per heavy atom. The molecule has 0 bridgehead atoms. The van der Waals surface area contributed by atoms with Crippen LogP contribution in [0.2, 0.25) is 0 Å². The van der Waals surface area contributed by atoms with Gasteiger partial charge in [-0.05, 0) is 68.5 Å². The smallest absolute Gasteiger partial charge is 0.243 e. The van der Waals surface area contributed by atoms with Crippen molar-refractivity contribution < 1.29 is 13.2 Å². The highest BCUT2D eigenvalue weighted by Crippen LogP contribution is 2.26. The molecule has 1 fully saturated rings. The van der Waals surface area contributed by atoms with E-state index in [0.717, 1.165) is 22.4 Å². The molecule has 1 aliphatic rings. The lowest BCUT2D eigenvalue weighted by molar-refractivity contribution is -0.120. The van der Waals surface area contributed by atoms with Gasteiger partial charge in [0.25, 0.3) is 0 Å². The minimum atomic E-state index is -3.50. The predicted molar refractivity (Wildman–Crippen MR) is 107 cm³/mol. The summed E-state index contributed by atoms with van der Waals surface area (Å²) in [5.74, 6) is -0.204. The number of benzene rings is 2. The number of carbonyl (C=O) groups excluding carboxylic acids is 1. The lowest BCUT2D eigenvalue weighted by Crippen LogP contribution is -2.41. The molecule has 144 valence electrons. The van der Waals surface area contributed by atoms with Crippen LogP contribution in [0.25, 0.3) is 0 Å². The third kappa shape index (κ3) is 4.22. The Morgan fingerprint density at radius 2 is 1.70 bits per heavy atom. The van der Waals surface area contributed by atoms with Crippen LogP contribution in [0, 0.1) is 26.7 Å². The van der Waals surface area contributed by atoms with E-state index in [9.17, 15) is 13.2 Å². The van der Waals surface area contributed by atoms with Gasteiger partial charge in [-0.3, -0.25) is 4.79 Å². The van der Waals surface area contributed by atoms with Gasteiger partial charge in [0.15, 0.2) is 0 Å². The second kappa shape index (κ2) is 7.82. The second-order valence-corrected chi connectivity index (χ2v) is 9.17. The van der Waals surface area contributed by atoms with Crippen molar-refractivity contribution in [3.05, 3.63) is 59.2 Å². The van der Waals surface area contributed by atoms with Crippen LogP contribution in [-0.4, -0.2) is 31.7 Å². The molecule has 0 atom stereocenters. The third-order valence-corrected chi connectivity index (χ3v) is 7.21. The highest BCUT2D eigenvalue weighted by molar-refractivity contribution is 7.89. The number of hydrogen-bond donors (Lipinski definition) is 1. The van der Waals surface area contributed by atoms with Crippen LogP contribution in [0.15, 0.2) is 47.4 Å². The minimum Gasteiger partial charge on any atom is -0.326 e. The minimum absolute atomic E-state index is 0.0312. The predicted octanol–water partition coefficient (Wildman–Crippen LogP) is 3.65. The van der Waals surface area contributed by atoms with E-state index in [4.69, 9.17) is 0 Å². The summed E-state index contributed by atoms with van der Waals surface area (Å²) in [6, 6.07) is 12.8. The zero-order valence-electron chi connectivity index (χ0n) is 16.0. The lowest BCUT2D eigenvalue weighted by atomic mass is 9.97. The Hall–Kier alpha value is -2.18. The molecule has 1 N–H and O–H groups in total. The van der Waals surface area contributed by atoms with Gasteiger partial charge in [-0.1, -0.05) is 24.3 Å². The van der Waals surface area contributed by atoms with Crippen LogP contribution in [0.4, 0.5) is 5.69 Å². The molecule has 1 saturated heterocycles.